The van der Waals surface area contributed by atoms with Crippen LogP contribution in [0.5, 0.6) is 0 Å². The fraction of sp³-hybridized carbons (Fsp3) is 0.167. The van der Waals surface area contributed by atoms with Crippen LogP contribution in [0.2, 0.25) is 0 Å². The number of carbonyl (C=O) groups excluding carboxylic acids is 1. The first-order valence-electron chi connectivity index (χ1n) is 3.04. The van der Waals surface area contributed by atoms with Crippen LogP contribution in [-0.2, 0) is 9.73 Å². The third-order valence-electron chi connectivity index (χ3n) is 1.21. The minimum Gasteiger partial charge on any atom is -0.441 e. The summed E-state index contributed by atoms with van der Waals surface area (Å²) in [7, 11) is -2.89. The van der Waals surface area contributed by atoms with Gasteiger partial charge in [0.25, 0.3) is 5.91 Å². The Balaban J connectivity index is 3.17. The Bertz CT molecular complexity index is 404. The van der Waals surface area contributed by atoms with Gasteiger partial charge in [0.1, 0.15) is 9.73 Å². The Labute approximate surface area is 69.5 Å². The van der Waals surface area contributed by atoms with Crippen LogP contribution in [0.3, 0.4) is 0 Å². The highest BCUT2D eigenvalue weighted by molar-refractivity contribution is 7.91. The van der Waals surface area contributed by atoms with Crippen LogP contribution in [0.1, 0.15) is 10.6 Å². The first-order chi connectivity index (χ1) is 5.41. The predicted octanol–water partition coefficient (Wildman–Crippen LogP) is 0.414. The lowest BCUT2D eigenvalue weighted by Gasteiger charge is -1.92. The van der Waals surface area contributed by atoms with Crippen LogP contribution in [0.4, 0.5) is 0 Å². The Morgan fingerprint density at radius 3 is 2.50 bits per heavy atom. The SMILES string of the molecule is CS(=N)(=O)c1ccc(C(N)=O)o1. The minimum absolute atomic E-state index is 0.0312. The lowest BCUT2D eigenvalue weighted by molar-refractivity contribution is 0.0969. The molecule has 0 spiro atoms. The second-order valence-electron chi connectivity index (χ2n) is 2.33. The van der Waals surface area contributed by atoms with Crippen LogP contribution >= 0.6 is 0 Å². The Morgan fingerprint density at radius 2 is 2.25 bits per heavy atom. The second-order valence-corrected chi connectivity index (χ2v) is 4.42. The second kappa shape index (κ2) is 2.63. The van der Waals surface area contributed by atoms with Crippen molar-refractivity contribution in [3.05, 3.63) is 17.9 Å². The largest absolute Gasteiger partial charge is 0.441 e. The molecule has 1 rings (SSSR count). The summed E-state index contributed by atoms with van der Waals surface area (Å²) < 4.78 is 22.9. The highest BCUT2D eigenvalue weighted by Crippen LogP contribution is 2.13. The van der Waals surface area contributed by atoms with Crippen LogP contribution in [0, 0.1) is 4.78 Å². The maximum Gasteiger partial charge on any atom is 0.284 e. The summed E-state index contributed by atoms with van der Waals surface area (Å²) in [6, 6.07) is 2.62. The molecule has 66 valence electrons. The van der Waals surface area contributed by atoms with Gasteiger partial charge in [0.15, 0.2) is 10.9 Å². The number of furan rings is 1. The molecule has 0 saturated heterocycles. The van der Waals surface area contributed by atoms with Crippen LogP contribution < -0.4 is 5.73 Å². The summed E-state index contributed by atoms with van der Waals surface area (Å²) in [5.74, 6) is -0.809. The molecule has 5 nitrogen and oxygen atoms in total. The van der Waals surface area contributed by atoms with E-state index >= 15 is 0 Å². The fourth-order valence-corrected chi connectivity index (χ4v) is 1.24. The summed E-state index contributed by atoms with van der Waals surface area (Å²) in [5.41, 5.74) is 4.88. The van der Waals surface area contributed by atoms with Crippen LogP contribution in [-0.4, -0.2) is 16.4 Å². The minimum atomic E-state index is -2.89. The van der Waals surface area contributed by atoms with Crippen molar-refractivity contribution in [3.63, 3.8) is 0 Å². The van der Waals surface area contributed by atoms with Gasteiger partial charge >= 0.3 is 0 Å². The summed E-state index contributed by atoms with van der Waals surface area (Å²) >= 11 is 0. The Kier molecular flexibility index (Phi) is 1.93. The van der Waals surface area contributed by atoms with E-state index in [0.717, 1.165) is 0 Å². The third-order valence-corrected chi connectivity index (χ3v) is 2.20. The number of hydrogen-bond donors (Lipinski definition) is 2. The number of primary amides is 1. The zero-order valence-corrected chi connectivity index (χ0v) is 7.18. The molecule has 0 bridgehead atoms. The van der Waals surface area contributed by atoms with E-state index in [0.29, 0.717) is 0 Å². The highest BCUT2D eigenvalue weighted by Gasteiger charge is 2.11. The van der Waals surface area contributed by atoms with Crippen molar-refractivity contribution in [1.82, 2.24) is 0 Å². The molecule has 0 aliphatic rings. The standard InChI is InChI=1S/C6H8N2O3S/c1-12(8,10)5-3-2-4(11-5)6(7)9/h2-3,8H,1H3,(H2,7,9). The molecule has 3 N–H and O–H groups in total. The fourth-order valence-electron chi connectivity index (χ4n) is 0.662. The lowest BCUT2D eigenvalue weighted by atomic mass is 10.4. The molecule has 1 aromatic rings. The molecule has 0 aliphatic carbocycles. The maximum absolute atomic E-state index is 11.0. The van der Waals surface area contributed by atoms with Crippen molar-refractivity contribution in [1.29, 1.82) is 4.78 Å². The van der Waals surface area contributed by atoms with E-state index in [1.165, 1.54) is 18.4 Å². The maximum atomic E-state index is 11.0. The monoisotopic (exact) mass is 188 g/mol. The van der Waals surface area contributed by atoms with E-state index in [1.807, 2.05) is 0 Å². The van der Waals surface area contributed by atoms with Gasteiger partial charge in [-0.15, -0.1) is 0 Å². The lowest BCUT2D eigenvalue weighted by Crippen LogP contribution is -2.09. The quantitative estimate of drug-likeness (QED) is 0.703. The predicted molar refractivity (Wildman–Crippen MR) is 42.3 cm³/mol. The van der Waals surface area contributed by atoms with Gasteiger partial charge < -0.3 is 10.2 Å². The van der Waals surface area contributed by atoms with E-state index < -0.39 is 15.6 Å². The molecule has 0 aromatic carbocycles. The van der Waals surface area contributed by atoms with Gasteiger partial charge in [0.05, 0.1) is 0 Å². The van der Waals surface area contributed by atoms with Crippen molar-refractivity contribution in [2.24, 2.45) is 5.73 Å². The molecule has 6 heteroatoms. The molecule has 0 saturated carbocycles. The molecular weight excluding hydrogens is 180 g/mol. The molecule has 0 aliphatic heterocycles. The van der Waals surface area contributed by atoms with Gasteiger partial charge in [-0.1, -0.05) is 0 Å². The topological polar surface area (TPSA) is 97.1 Å². The molecule has 1 atom stereocenters. The Hall–Kier alpha value is -1.30. The normalized spacial score (nSPS) is 15.4. The number of amides is 1. The van der Waals surface area contributed by atoms with Gasteiger partial charge in [0, 0.05) is 6.26 Å². The smallest absolute Gasteiger partial charge is 0.284 e. The average Bonchev–Trinajstić information content (AvgIpc) is 2.30. The first kappa shape index (κ1) is 8.79. The van der Waals surface area contributed by atoms with Gasteiger partial charge in [-0.05, 0) is 12.1 Å². The molecule has 1 amide bonds. The highest BCUT2D eigenvalue weighted by atomic mass is 32.2. The van der Waals surface area contributed by atoms with Crippen molar-refractivity contribution in [3.8, 4) is 0 Å². The number of rotatable bonds is 2. The summed E-state index contributed by atoms with van der Waals surface area (Å²) in [4.78, 5) is 10.5. The van der Waals surface area contributed by atoms with E-state index in [9.17, 15) is 9.00 Å². The molecule has 12 heavy (non-hydrogen) atoms. The number of nitrogens with one attached hydrogen (secondary N) is 1. The van der Waals surface area contributed by atoms with E-state index in [1.54, 1.807) is 0 Å². The molecule has 1 aromatic heterocycles. The zero-order valence-electron chi connectivity index (χ0n) is 6.37. The van der Waals surface area contributed by atoms with Crippen molar-refractivity contribution in [2.75, 3.05) is 6.26 Å². The molecule has 0 fully saturated rings. The molecule has 1 unspecified atom stereocenters. The molecule has 0 radical (unpaired) electrons. The summed E-state index contributed by atoms with van der Waals surface area (Å²) in [6.45, 7) is 0. The third kappa shape index (κ3) is 1.65. The summed E-state index contributed by atoms with van der Waals surface area (Å²) in [5, 5.41) is -0.0312. The van der Waals surface area contributed by atoms with Crippen LogP contribution in [0.15, 0.2) is 21.6 Å². The number of hydrogen-bond acceptors (Lipinski definition) is 4. The zero-order chi connectivity index (χ0) is 9.35. The van der Waals surface area contributed by atoms with Gasteiger partial charge in [-0.25, -0.2) is 8.99 Å². The van der Waals surface area contributed by atoms with E-state index in [2.05, 4.69) is 0 Å². The Morgan fingerprint density at radius 1 is 1.67 bits per heavy atom. The molecular formula is C6H8N2O3S. The molecule has 1 heterocycles. The van der Waals surface area contributed by atoms with Crippen molar-refractivity contribution >= 4 is 15.6 Å². The van der Waals surface area contributed by atoms with Gasteiger partial charge in [-0.3, -0.25) is 4.79 Å². The summed E-state index contributed by atoms with van der Waals surface area (Å²) in [6.07, 6.45) is 1.20. The first-order valence-corrected chi connectivity index (χ1v) is 5.01. The number of nitrogens with two attached hydrogens (primary N) is 1. The van der Waals surface area contributed by atoms with Gasteiger partial charge in [0.2, 0.25) is 0 Å². The van der Waals surface area contributed by atoms with Gasteiger partial charge in [-0.2, -0.15) is 0 Å². The van der Waals surface area contributed by atoms with E-state index in [4.69, 9.17) is 14.9 Å². The van der Waals surface area contributed by atoms with Crippen molar-refractivity contribution in [2.45, 2.75) is 5.09 Å². The van der Waals surface area contributed by atoms with E-state index in [-0.39, 0.29) is 10.9 Å². The number of carbonyl (C=O) groups is 1. The average molecular weight is 188 g/mol. The van der Waals surface area contributed by atoms with Crippen LogP contribution in [0.25, 0.3) is 0 Å². The van der Waals surface area contributed by atoms with Crippen molar-refractivity contribution < 1.29 is 13.4 Å².